The zero-order chi connectivity index (χ0) is 106. The minimum absolute atomic E-state index is 0. The van der Waals surface area contributed by atoms with Gasteiger partial charge in [-0.1, -0.05) is 164 Å². The van der Waals surface area contributed by atoms with Crippen LogP contribution in [0.15, 0.2) is 0 Å². The molecule has 6 N–H and O–H groups in total. The highest BCUT2D eigenvalue weighted by atomic mass is 19.5. The number of hydrogen-bond acceptors (Lipinski definition) is 18. The lowest BCUT2D eigenvalue weighted by Gasteiger charge is -2.46. The molecule has 2 saturated carbocycles. The molecule has 18 nitrogen and oxygen atoms in total. The Labute approximate surface area is 812 Å². The highest BCUT2D eigenvalue weighted by Gasteiger charge is 2.84. The van der Waals surface area contributed by atoms with Crippen molar-refractivity contribution in [3.05, 3.63) is 0 Å². The number of alkyl halides is 36. The summed E-state index contributed by atoms with van der Waals surface area (Å²) in [6, 6.07) is 0. The fourth-order valence-electron chi connectivity index (χ4n) is 10.6. The van der Waals surface area contributed by atoms with E-state index >= 15 is 0 Å². The molecule has 0 saturated heterocycles. The topological polar surface area (TPSA) is 279 Å². The van der Waals surface area contributed by atoms with Crippen LogP contribution in [0.2, 0.25) is 0 Å². The van der Waals surface area contributed by atoms with Crippen molar-refractivity contribution in [1.29, 1.82) is 0 Å². The highest BCUT2D eigenvalue weighted by molar-refractivity contribution is 5.78. The van der Waals surface area contributed by atoms with Gasteiger partial charge in [-0.15, -0.1) is 0 Å². The molecule has 0 heterocycles. The smallest absolute Gasteiger partial charge is 0.430 e. The molecule has 3 atom stereocenters. The second-order valence-electron chi connectivity index (χ2n) is 35.3. The zero-order valence-electron chi connectivity index (χ0n) is 74.4. The summed E-state index contributed by atoms with van der Waals surface area (Å²) in [7, 11) is 0. The second-order valence-corrected chi connectivity index (χ2v) is 35.3. The van der Waals surface area contributed by atoms with Crippen molar-refractivity contribution in [3.63, 3.8) is 0 Å². The number of aliphatic hydroxyl groups is 6. The standard InChI is InChI=1S/C15H22F6O3.C14H20F6O3.C13H20F6O3.2C12H18F6O3.C10H14F6O3.12CH4/c1-4-12(2,3)11(22)24-10(9-7-5-6-8-9)13(23,14(16,17)18)15(19,20)21;1-4-10(2,3)9(21)23-11(7-5-6-8-11)12(22,13(15,16)17)14(18,19)20;1-6-10(4,5)9(20)22-8(7(2)3)11(21,12(14,15)16)13(17,18)19;1-6-8(2,3)7(19)21-9(4,5)10(20,11(13,14)15)12(16,17)18;1-5-7(21-8(19)9(3,4)6-2)10(20,11(13,14)15)12(16,17)18;1-4-7(2,3)6(17)19-5-8(18,9(11,12)13)10(14,15)16;;;;;;;;;;;;/h9-10,23H,4-8H2,1-3H3;22H,4-8H2,1-3H3;7-8,21H,6H2,1-5H3;20H,6H2,1-5H3;7,20H,5-6H2,1-4H3;18H,4-5H2,1-3H3;12*1H4. The molecule has 2 rings (SSSR count). The SMILES string of the molecule is C.C.C.C.C.C.C.C.C.C.C.C.CCC(C)(C)C(=O)OC(C(C)C)C(O)(C(F)(F)F)C(F)(F)F.CCC(C)(C)C(=O)OC(C)(C)C(O)(C(F)(F)F)C(F)(F)F.CCC(C)(C)C(=O)OC(C1CCCC1)C(O)(C(F)(F)F)C(F)(F)F.CCC(C)(C)C(=O)OC1(C(O)(C(F)(F)F)C(F)(F)F)CCCC1.CCC(C)(C)C(=O)OCC(O)(C(F)(F)F)C(F)(F)F.CCC(OC(=O)C(C)(C)CC)C(O)(C(F)(F)F)C(F)(F)F. The van der Waals surface area contributed by atoms with E-state index in [1.807, 2.05) is 0 Å². The van der Waals surface area contributed by atoms with Crippen LogP contribution < -0.4 is 0 Å². The van der Waals surface area contributed by atoms with Crippen molar-refractivity contribution in [2.45, 2.75) is 482 Å². The lowest BCUT2D eigenvalue weighted by atomic mass is 9.79. The second kappa shape index (κ2) is 57.7. The molecular formula is C88H160F36O18. The normalized spacial score (nSPS) is 15.4. The van der Waals surface area contributed by atoms with Gasteiger partial charge in [-0.2, -0.15) is 158 Å². The molecule has 2 aliphatic carbocycles. The van der Waals surface area contributed by atoms with Crippen LogP contribution in [0.4, 0.5) is 158 Å². The van der Waals surface area contributed by atoms with E-state index in [0.717, 1.165) is 20.8 Å². The van der Waals surface area contributed by atoms with E-state index in [1.54, 1.807) is 13.8 Å². The number of carbonyl (C=O) groups is 6. The van der Waals surface area contributed by atoms with E-state index in [1.165, 1.54) is 111 Å². The minimum Gasteiger partial charge on any atom is -0.461 e. The summed E-state index contributed by atoms with van der Waals surface area (Å²) in [4.78, 5) is 70.8. The first-order valence-corrected chi connectivity index (χ1v) is 39.0. The van der Waals surface area contributed by atoms with Gasteiger partial charge in [0.25, 0.3) is 33.6 Å². The Morgan fingerprint density at radius 2 is 0.549 bits per heavy atom. The van der Waals surface area contributed by atoms with E-state index in [4.69, 9.17) is 9.84 Å². The summed E-state index contributed by atoms with van der Waals surface area (Å²) in [6.45, 7) is 26.7. The Kier molecular flexibility index (Phi) is 70.0. The molecule has 872 valence electrons. The Morgan fingerprint density at radius 1 is 0.303 bits per heavy atom. The van der Waals surface area contributed by atoms with Crippen LogP contribution >= 0.6 is 0 Å². The third kappa shape index (κ3) is 39.2. The van der Waals surface area contributed by atoms with Crippen molar-refractivity contribution >= 4 is 35.8 Å². The molecule has 0 radical (unpaired) electrons. The maximum Gasteiger partial charge on any atom is 0.430 e. The largest absolute Gasteiger partial charge is 0.461 e. The molecule has 0 aromatic rings. The van der Waals surface area contributed by atoms with Gasteiger partial charge in [-0.25, -0.2) is 0 Å². The van der Waals surface area contributed by atoms with Gasteiger partial charge in [0.1, 0.15) is 12.7 Å². The van der Waals surface area contributed by atoms with E-state index in [9.17, 15) is 212 Å². The first kappa shape index (κ1) is 172. The predicted molar refractivity (Wildman–Crippen MR) is 463 cm³/mol. The Morgan fingerprint density at radius 3 is 0.782 bits per heavy atom. The van der Waals surface area contributed by atoms with E-state index in [2.05, 4.69) is 23.7 Å². The summed E-state index contributed by atoms with van der Waals surface area (Å²) in [5.74, 6) is -9.96. The van der Waals surface area contributed by atoms with E-state index in [0.29, 0.717) is 26.7 Å². The highest BCUT2D eigenvalue weighted by Crippen LogP contribution is 2.59. The first-order chi connectivity index (χ1) is 56.6. The number of esters is 6. The van der Waals surface area contributed by atoms with E-state index < -0.39 is 243 Å². The van der Waals surface area contributed by atoms with Gasteiger partial charge < -0.3 is 59.1 Å². The van der Waals surface area contributed by atoms with Crippen molar-refractivity contribution in [3.8, 4) is 0 Å². The van der Waals surface area contributed by atoms with Gasteiger partial charge in [-0.05, 0) is 192 Å². The number of hydrogen-bond donors (Lipinski definition) is 6. The summed E-state index contributed by atoms with van der Waals surface area (Å²) >= 11 is 0. The van der Waals surface area contributed by atoms with Gasteiger partial charge in [0, 0.05) is 0 Å². The molecule has 2 aliphatic rings. The van der Waals surface area contributed by atoms with Crippen molar-refractivity contribution in [1.82, 2.24) is 0 Å². The quantitative estimate of drug-likeness (QED) is 0.0253. The average Bonchev–Trinajstić information content (AvgIpc) is 1.37. The van der Waals surface area contributed by atoms with Gasteiger partial charge >= 0.3 is 110 Å². The van der Waals surface area contributed by atoms with Gasteiger partial charge in [0.2, 0.25) is 0 Å². The molecule has 142 heavy (non-hydrogen) atoms. The lowest BCUT2D eigenvalue weighted by Crippen LogP contribution is -2.71. The zero-order valence-corrected chi connectivity index (χ0v) is 74.4. The van der Waals surface area contributed by atoms with Crippen LogP contribution in [0, 0.1) is 44.3 Å². The molecule has 54 heteroatoms. The summed E-state index contributed by atoms with van der Waals surface area (Å²) in [6.07, 6.45) is -81.1. The Balaban J connectivity index is -0.0000000944. The monoisotopic (exact) mass is 2190 g/mol. The number of rotatable bonds is 27. The van der Waals surface area contributed by atoms with Crippen LogP contribution in [0.25, 0.3) is 0 Å². The first-order valence-electron chi connectivity index (χ1n) is 39.0. The fraction of sp³-hybridized carbons (Fsp3) is 0.932. The average molecular weight is 2190 g/mol. The van der Waals surface area contributed by atoms with Gasteiger partial charge in [-0.3, -0.25) is 28.8 Å². The Bertz CT molecular complexity index is 3500. The molecule has 3 unspecified atom stereocenters. The maximum absolute atomic E-state index is 13.2. The number of carbonyl (C=O) groups excluding carboxylic acids is 6. The number of ether oxygens (including phenoxy) is 6. The number of halogens is 36. The minimum atomic E-state index is -6.06. The van der Waals surface area contributed by atoms with Crippen LogP contribution in [-0.4, -0.2) is 210 Å². The predicted octanol–water partition coefficient (Wildman–Crippen LogP) is 30.0. The Hall–Kier alpha value is -5.94. The molecule has 0 aliphatic heterocycles. The van der Waals surface area contributed by atoms with Crippen LogP contribution in [-0.2, 0) is 57.2 Å². The third-order valence-electron chi connectivity index (χ3n) is 22.6. The summed E-state index contributed by atoms with van der Waals surface area (Å²) < 4.78 is 488. The molecule has 0 amide bonds. The molecular weight excluding hydrogens is 2030 g/mol. The van der Waals surface area contributed by atoms with Crippen LogP contribution in [0.3, 0.4) is 0 Å². The van der Waals surface area contributed by atoms with Crippen molar-refractivity contribution < 1.29 is 246 Å². The van der Waals surface area contributed by atoms with Crippen molar-refractivity contribution in [2.24, 2.45) is 44.3 Å². The molecule has 2 fully saturated rings. The molecule has 0 spiro atoms. The van der Waals surface area contributed by atoms with Crippen LogP contribution in [0.1, 0.15) is 345 Å². The van der Waals surface area contributed by atoms with Gasteiger partial charge in [0.05, 0.1) is 32.5 Å². The van der Waals surface area contributed by atoms with Crippen molar-refractivity contribution in [2.75, 3.05) is 6.61 Å². The maximum atomic E-state index is 13.2. The van der Waals surface area contributed by atoms with Crippen LogP contribution in [0.5, 0.6) is 0 Å². The molecule has 0 bridgehead atoms. The fourth-order valence-corrected chi connectivity index (χ4v) is 10.6. The molecule has 0 aromatic carbocycles. The van der Waals surface area contributed by atoms with E-state index in [-0.39, 0.29) is 153 Å². The molecule has 0 aromatic heterocycles. The van der Waals surface area contributed by atoms with Gasteiger partial charge in [0.15, 0.2) is 23.4 Å². The third-order valence-corrected chi connectivity index (χ3v) is 22.6. The summed E-state index contributed by atoms with van der Waals surface area (Å²) in [5.41, 5.74) is -44.5. The summed E-state index contributed by atoms with van der Waals surface area (Å²) in [5, 5.41) is 56.0. The lowest BCUT2D eigenvalue weighted by molar-refractivity contribution is -0.412.